The third-order valence-corrected chi connectivity index (χ3v) is 3.37. The Morgan fingerprint density at radius 1 is 1.59 bits per heavy atom. The molecular weight excluding hydrogens is 214 g/mol. The summed E-state index contributed by atoms with van der Waals surface area (Å²) in [5.74, 6) is 0. The van der Waals surface area contributed by atoms with E-state index >= 15 is 0 Å². The summed E-state index contributed by atoms with van der Waals surface area (Å²) in [6, 6.07) is 0.591. The molecule has 0 bridgehead atoms. The van der Waals surface area contributed by atoms with Gasteiger partial charge in [0.05, 0.1) is 11.8 Å². The van der Waals surface area contributed by atoms with Crippen molar-refractivity contribution >= 4 is 0 Å². The largest absolute Gasteiger partial charge is 0.373 e. The lowest BCUT2D eigenvalue weighted by Gasteiger charge is -2.30. The van der Waals surface area contributed by atoms with Crippen molar-refractivity contribution in [3.8, 4) is 0 Å². The fourth-order valence-corrected chi connectivity index (χ4v) is 2.48. The van der Waals surface area contributed by atoms with E-state index in [1.807, 2.05) is 11.7 Å². The average Bonchev–Trinajstić information content (AvgIpc) is 2.66. The van der Waals surface area contributed by atoms with Crippen molar-refractivity contribution in [3.63, 3.8) is 0 Å². The van der Waals surface area contributed by atoms with Gasteiger partial charge in [0.1, 0.15) is 0 Å². The Morgan fingerprint density at radius 2 is 2.41 bits per heavy atom. The standard InChI is InChI=1S/C13H23N3O/c1-4-6-14-11-5-7-17-13(8-11)12-9-16(3)15-10(12)2/h9,11,13-14H,4-8H2,1-3H3. The molecule has 1 aromatic heterocycles. The summed E-state index contributed by atoms with van der Waals surface area (Å²) >= 11 is 0. The molecule has 1 N–H and O–H groups in total. The second-order valence-corrected chi connectivity index (χ2v) is 4.88. The number of hydrogen-bond acceptors (Lipinski definition) is 3. The monoisotopic (exact) mass is 237 g/mol. The average molecular weight is 237 g/mol. The van der Waals surface area contributed by atoms with Crippen LogP contribution in [0, 0.1) is 6.92 Å². The first-order chi connectivity index (χ1) is 8.20. The van der Waals surface area contributed by atoms with Crippen molar-refractivity contribution < 1.29 is 4.74 Å². The highest BCUT2D eigenvalue weighted by molar-refractivity contribution is 5.19. The maximum Gasteiger partial charge on any atom is 0.0872 e. The van der Waals surface area contributed by atoms with E-state index in [1.165, 1.54) is 12.0 Å². The molecule has 1 saturated heterocycles. The molecule has 0 radical (unpaired) electrons. The van der Waals surface area contributed by atoms with E-state index in [9.17, 15) is 0 Å². The topological polar surface area (TPSA) is 39.1 Å². The molecule has 96 valence electrons. The number of nitrogens with one attached hydrogen (secondary N) is 1. The maximum absolute atomic E-state index is 5.88. The Balaban J connectivity index is 1.99. The lowest BCUT2D eigenvalue weighted by molar-refractivity contribution is -0.0000154. The summed E-state index contributed by atoms with van der Waals surface area (Å²) in [6.07, 6.45) is 5.67. The van der Waals surface area contributed by atoms with Gasteiger partial charge in [-0.3, -0.25) is 4.68 Å². The van der Waals surface area contributed by atoms with E-state index < -0.39 is 0 Å². The molecule has 0 aromatic carbocycles. The smallest absolute Gasteiger partial charge is 0.0872 e. The van der Waals surface area contributed by atoms with Crippen LogP contribution in [0.3, 0.4) is 0 Å². The number of aryl methyl sites for hydroxylation is 2. The summed E-state index contributed by atoms with van der Waals surface area (Å²) in [4.78, 5) is 0. The van der Waals surface area contributed by atoms with Gasteiger partial charge in [-0.25, -0.2) is 0 Å². The summed E-state index contributed by atoms with van der Waals surface area (Å²) in [5, 5.41) is 7.98. The first kappa shape index (κ1) is 12.6. The van der Waals surface area contributed by atoms with Crippen molar-refractivity contribution in [1.82, 2.24) is 15.1 Å². The van der Waals surface area contributed by atoms with Crippen LogP contribution in [-0.4, -0.2) is 29.0 Å². The van der Waals surface area contributed by atoms with Gasteiger partial charge in [0.25, 0.3) is 0 Å². The van der Waals surface area contributed by atoms with Crippen LogP contribution in [0.5, 0.6) is 0 Å². The molecule has 4 heteroatoms. The molecule has 1 aliphatic rings. The summed E-state index contributed by atoms with van der Waals surface area (Å²) in [5.41, 5.74) is 2.34. The van der Waals surface area contributed by atoms with Crippen LogP contribution >= 0.6 is 0 Å². The van der Waals surface area contributed by atoms with Gasteiger partial charge in [0, 0.05) is 31.5 Å². The first-order valence-corrected chi connectivity index (χ1v) is 6.55. The fraction of sp³-hybridized carbons (Fsp3) is 0.769. The van der Waals surface area contributed by atoms with Crippen molar-refractivity contribution in [1.29, 1.82) is 0 Å². The molecule has 0 amide bonds. The van der Waals surface area contributed by atoms with Crippen LogP contribution in [0.1, 0.15) is 43.5 Å². The van der Waals surface area contributed by atoms with Gasteiger partial charge in [-0.1, -0.05) is 6.92 Å². The van der Waals surface area contributed by atoms with Gasteiger partial charge >= 0.3 is 0 Å². The van der Waals surface area contributed by atoms with Crippen molar-refractivity contribution in [2.24, 2.45) is 7.05 Å². The second kappa shape index (κ2) is 5.65. The number of nitrogens with zero attached hydrogens (tertiary/aromatic N) is 2. The van der Waals surface area contributed by atoms with Crippen LogP contribution < -0.4 is 5.32 Å². The molecule has 2 rings (SSSR count). The van der Waals surface area contributed by atoms with Crippen LogP contribution in [0.2, 0.25) is 0 Å². The zero-order valence-corrected chi connectivity index (χ0v) is 11.1. The second-order valence-electron chi connectivity index (χ2n) is 4.88. The number of hydrogen-bond donors (Lipinski definition) is 1. The molecule has 2 heterocycles. The number of aromatic nitrogens is 2. The predicted molar refractivity (Wildman–Crippen MR) is 68.0 cm³/mol. The van der Waals surface area contributed by atoms with Crippen LogP contribution in [-0.2, 0) is 11.8 Å². The Hall–Kier alpha value is -0.870. The highest BCUT2D eigenvalue weighted by Gasteiger charge is 2.25. The third-order valence-electron chi connectivity index (χ3n) is 3.37. The zero-order valence-electron chi connectivity index (χ0n) is 11.1. The van der Waals surface area contributed by atoms with Gasteiger partial charge in [-0.05, 0) is 32.7 Å². The van der Waals surface area contributed by atoms with Gasteiger partial charge in [0.2, 0.25) is 0 Å². The van der Waals surface area contributed by atoms with Crippen molar-refractivity contribution in [2.45, 2.75) is 45.3 Å². The first-order valence-electron chi connectivity index (χ1n) is 6.55. The molecule has 0 spiro atoms. The van der Waals surface area contributed by atoms with Crippen molar-refractivity contribution in [2.75, 3.05) is 13.2 Å². The van der Waals surface area contributed by atoms with E-state index in [4.69, 9.17) is 4.74 Å². The van der Waals surface area contributed by atoms with Gasteiger partial charge in [-0.15, -0.1) is 0 Å². The Morgan fingerprint density at radius 3 is 3.06 bits per heavy atom. The highest BCUT2D eigenvalue weighted by Crippen LogP contribution is 2.29. The summed E-state index contributed by atoms with van der Waals surface area (Å²) in [6.45, 7) is 6.21. The maximum atomic E-state index is 5.88. The predicted octanol–water partition coefficient (Wildman–Crippen LogP) is 1.95. The quantitative estimate of drug-likeness (QED) is 0.870. The fourth-order valence-electron chi connectivity index (χ4n) is 2.48. The molecule has 1 fully saturated rings. The molecule has 4 nitrogen and oxygen atoms in total. The lowest BCUT2D eigenvalue weighted by Crippen LogP contribution is -2.36. The molecule has 2 atom stereocenters. The SMILES string of the molecule is CCCNC1CCOC(c2cn(C)nc2C)C1. The molecule has 0 saturated carbocycles. The van der Waals surface area contributed by atoms with Crippen LogP contribution in [0.4, 0.5) is 0 Å². The Kier molecular flexibility index (Phi) is 4.18. The molecular formula is C13H23N3O. The Labute approximate surface area is 103 Å². The van der Waals surface area contributed by atoms with Crippen LogP contribution in [0.15, 0.2) is 6.20 Å². The van der Waals surface area contributed by atoms with E-state index in [2.05, 4.69) is 30.5 Å². The van der Waals surface area contributed by atoms with Crippen molar-refractivity contribution in [3.05, 3.63) is 17.5 Å². The minimum atomic E-state index is 0.215. The zero-order chi connectivity index (χ0) is 12.3. The number of rotatable bonds is 4. The minimum absolute atomic E-state index is 0.215. The molecule has 17 heavy (non-hydrogen) atoms. The van der Waals surface area contributed by atoms with E-state index in [-0.39, 0.29) is 6.10 Å². The minimum Gasteiger partial charge on any atom is -0.373 e. The van der Waals surface area contributed by atoms with Gasteiger partial charge in [-0.2, -0.15) is 5.10 Å². The normalized spacial score (nSPS) is 25.1. The lowest BCUT2D eigenvalue weighted by atomic mass is 9.98. The van der Waals surface area contributed by atoms with Gasteiger partial charge < -0.3 is 10.1 Å². The third kappa shape index (κ3) is 3.07. The summed E-state index contributed by atoms with van der Waals surface area (Å²) in [7, 11) is 1.96. The highest BCUT2D eigenvalue weighted by atomic mass is 16.5. The molecule has 0 aliphatic carbocycles. The van der Waals surface area contributed by atoms with E-state index in [0.717, 1.165) is 31.7 Å². The Bertz CT molecular complexity index is 362. The summed E-state index contributed by atoms with van der Waals surface area (Å²) < 4.78 is 7.75. The van der Waals surface area contributed by atoms with E-state index in [1.54, 1.807) is 0 Å². The molecule has 1 aromatic rings. The van der Waals surface area contributed by atoms with Crippen LogP contribution in [0.25, 0.3) is 0 Å². The molecule has 2 unspecified atom stereocenters. The van der Waals surface area contributed by atoms with Gasteiger partial charge in [0.15, 0.2) is 0 Å². The van der Waals surface area contributed by atoms with E-state index in [0.29, 0.717) is 6.04 Å². The molecule has 1 aliphatic heterocycles. The number of ether oxygens (including phenoxy) is 1.